The van der Waals surface area contributed by atoms with Crippen molar-refractivity contribution in [1.29, 1.82) is 0 Å². The van der Waals surface area contributed by atoms with Crippen molar-refractivity contribution in [3.63, 3.8) is 0 Å². The molecule has 256 valence electrons. The van der Waals surface area contributed by atoms with Gasteiger partial charge in [0.1, 0.15) is 18.2 Å². The first kappa shape index (κ1) is 34.1. The highest BCUT2D eigenvalue weighted by Crippen LogP contribution is 2.47. The lowest BCUT2D eigenvalue weighted by Gasteiger charge is -2.48. The van der Waals surface area contributed by atoms with Gasteiger partial charge in [-0.15, -0.1) is 0 Å². The number of fused-ring (bicyclic) bond motifs is 1. The molecule has 1 atom stereocenters. The van der Waals surface area contributed by atoms with Gasteiger partial charge in [-0.2, -0.15) is 5.10 Å². The summed E-state index contributed by atoms with van der Waals surface area (Å²) in [5.74, 6) is 0.128. The summed E-state index contributed by atoms with van der Waals surface area (Å²) in [6.07, 6.45) is 14.5. The molecule has 0 bridgehead atoms. The maximum atomic E-state index is 13.5. The summed E-state index contributed by atoms with van der Waals surface area (Å²) in [6.45, 7) is 3.71. The Balaban J connectivity index is 1.14. The van der Waals surface area contributed by atoms with Crippen LogP contribution in [0.15, 0.2) is 70.4 Å². The summed E-state index contributed by atoms with van der Waals surface area (Å²) >= 11 is 6.14. The lowest BCUT2D eigenvalue weighted by Crippen LogP contribution is -2.48. The molecule has 48 heavy (non-hydrogen) atoms. The zero-order valence-corrected chi connectivity index (χ0v) is 28.8. The maximum absolute atomic E-state index is 13.5. The van der Waals surface area contributed by atoms with Crippen molar-refractivity contribution in [2.45, 2.75) is 70.4 Å². The number of hydrogen-bond donors (Lipinski definition) is 2. The van der Waals surface area contributed by atoms with E-state index < -0.39 is 21.4 Å². The topological polar surface area (TPSA) is 139 Å². The SMILES string of the molecule is CS(=O)(=O)Nc1ccc2oc(C(=O)N[C@H](CCN3CCC(Cn4cncn4)(C4CCCCC4)CC3)Cc3ccc(Cl)cc3)cc(=O)c2c1. The van der Waals surface area contributed by atoms with E-state index in [0.29, 0.717) is 23.8 Å². The Bertz CT molecular complexity index is 1870. The Kier molecular flexibility index (Phi) is 10.5. The van der Waals surface area contributed by atoms with Crippen molar-refractivity contribution in [2.75, 3.05) is 30.6 Å². The van der Waals surface area contributed by atoms with Crippen molar-refractivity contribution in [1.82, 2.24) is 25.0 Å². The van der Waals surface area contributed by atoms with Gasteiger partial charge in [-0.05, 0) is 98.8 Å². The van der Waals surface area contributed by atoms with Gasteiger partial charge in [-0.25, -0.2) is 13.4 Å². The largest absolute Gasteiger partial charge is 0.451 e. The average molecular weight is 695 g/mol. The number of piperidine rings is 1. The minimum atomic E-state index is -3.52. The number of amides is 1. The highest BCUT2D eigenvalue weighted by Gasteiger charge is 2.42. The first-order valence-electron chi connectivity index (χ1n) is 16.7. The summed E-state index contributed by atoms with van der Waals surface area (Å²) in [4.78, 5) is 33.2. The fraction of sp³-hybridized carbons (Fsp3) is 0.486. The quantitative estimate of drug-likeness (QED) is 0.198. The smallest absolute Gasteiger partial charge is 0.287 e. The number of halogens is 1. The molecule has 1 saturated carbocycles. The van der Waals surface area contributed by atoms with Crippen LogP contribution in [0.3, 0.4) is 0 Å². The first-order valence-corrected chi connectivity index (χ1v) is 19.0. The van der Waals surface area contributed by atoms with Crippen LogP contribution in [0, 0.1) is 11.3 Å². The van der Waals surface area contributed by atoms with Crippen LogP contribution in [-0.2, 0) is 23.0 Å². The highest BCUT2D eigenvalue weighted by atomic mass is 35.5. The Morgan fingerprint density at radius 2 is 1.83 bits per heavy atom. The summed E-state index contributed by atoms with van der Waals surface area (Å²) in [6, 6.07) is 12.9. The molecule has 3 heterocycles. The van der Waals surface area contributed by atoms with E-state index in [1.807, 2.05) is 35.3 Å². The van der Waals surface area contributed by atoms with Gasteiger partial charge >= 0.3 is 0 Å². The number of nitrogens with zero attached hydrogens (tertiary/aromatic N) is 4. The standard InChI is InChI=1S/C35H43ClN6O5S/c1-48(45,46)40-29-11-12-32-30(20-29)31(43)21-33(47-32)34(44)39-28(19-25-7-9-27(36)10-8-25)13-16-41-17-14-35(15-18-41,22-42-24-37-23-38-42)26-5-3-2-4-6-26/h7-12,20-21,23-24,26,28,40H,2-6,13-19,22H2,1H3,(H,39,44)/t28-/m1/s1. The second-order valence-electron chi connectivity index (χ2n) is 13.5. The van der Waals surface area contributed by atoms with E-state index in [9.17, 15) is 18.0 Å². The lowest BCUT2D eigenvalue weighted by molar-refractivity contribution is 0.0104. The molecule has 1 aliphatic heterocycles. The summed E-state index contributed by atoms with van der Waals surface area (Å²) < 4.78 is 33.5. The van der Waals surface area contributed by atoms with Crippen molar-refractivity contribution in [3.8, 4) is 0 Å². The Morgan fingerprint density at radius 3 is 2.52 bits per heavy atom. The van der Waals surface area contributed by atoms with Gasteiger partial charge in [0, 0.05) is 35.9 Å². The summed E-state index contributed by atoms with van der Waals surface area (Å²) in [5, 5.41) is 8.41. The van der Waals surface area contributed by atoms with E-state index >= 15 is 0 Å². The van der Waals surface area contributed by atoms with E-state index in [1.165, 1.54) is 50.3 Å². The number of sulfonamides is 1. The second kappa shape index (κ2) is 14.8. The van der Waals surface area contributed by atoms with E-state index in [4.69, 9.17) is 16.0 Å². The van der Waals surface area contributed by atoms with Gasteiger partial charge in [0.25, 0.3) is 5.91 Å². The predicted octanol–water partition coefficient (Wildman–Crippen LogP) is 5.50. The van der Waals surface area contributed by atoms with Crippen LogP contribution < -0.4 is 15.5 Å². The number of carbonyl (C=O) groups excluding carboxylic acids is 1. The maximum Gasteiger partial charge on any atom is 0.287 e. The number of aromatic nitrogens is 3. The van der Waals surface area contributed by atoms with Crippen LogP contribution in [0.4, 0.5) is 5.69 Å². The second-order valence-corrected chi connectivity index (χ2v) is 15.7. The lowest BCUT2D eigenvalue weighted by atomic mass is 9.63. The van der Waals surface area contributed by atoms with Gasteiger partial charge < -0.3 is 14.6 Å². The number of rotatable bonds is 12. The van der Waals surface area contributed by atoms with Crippen molar-refractivity contribution in [2.24, 2.45) is 11.3 Å². The molecule has 1 aliphatic carbocycles. The minimum absolute atomic E-state index is 0.0965. The molecule has 2 aromatic carbocycles. The van der Waals surface area contributed by atoms with Crippen molar-refractivity contribution < 1.29 is 17.6 Å². The molecule has 1 saturated heterocycles. The molecule has 11 nitrogen and oxygen atoms in total. The zero-order chi connectivity index (χ0) is 33.7. The van der Waals surface area contributed by atoms with E-state index in [-0.39, 0.29) is 33.9 Å². The third-order valence-electron chi connectivity index (χ3n) is 10.0. The van der Waals surface area contributed by atoms with Gasteiger partial charge in [0.05, 0.1) is 11.6 Å². The monoisotopic (exact) mass is 694 g/mol. The predicted molar refractivity (Wildman–Crippen MR) is 187 cm³/mol. The third kappa shape index (κ3) is 8.64. The van der Waals surface area contributed by atoms with Crippen LogP contribution in [0.25, 0.3) is 11.0 Å². The number of benzene rings is 2. The molecule has 0 radical (unpaired) electrons. The van der Waals surface area contributed by atoms with Crippen molar-refractivity contribution in [3.05, 3.63) is 87.8 Å². The number of hydrogen-bond acceptors (Lipinski definition) is 8. The normalized spacial score (nSPS) is 18.0. The molecule has 13 heteroatoms. The summed E-state index contributed by atoms with van der Waals surface area (Å²) in [5.41, 5.74) is 1.26. The molecule has 2 N–H and O–H groups in total. The fourth-order valence-corrected chi connectivity index (χ4v) is 8.22. The van der Waals surface area contributed by atoms with E-state index in [0.717, 1.165) is 56.9 Å². The van der Waals surface area contributed by atoms with Gasteiger partial charge in [-0.1, -0.05) is 43.0 Å². The molecular formula is C35H43ClN6O5S. The van der Waals surface area contributed by atoms with Crippen LogP contribution in [0.2, 0.25) is 5.02 Å². The van der Waals surface area contributed by atoms with Gasteiger partial charge in [-0.3, -0.25) is 19.0 Å². The third-order valence-corrected chi connectivity index (χ3v) is 10.9. The Labute approximate surface area is 286 Å². The minimum Gasteiger partial charge on any atom is -0.451 e. The molecule has 2 aromatic heterocycles. The van der Waals surface area contributed by atoms with Gasteiger partial charge in [0.2, 0.25) is 10.0 Å². The number of likely N-dealkylation sites (tertiary alicyclic amines) is 1. The molecule has 6 rings (SSSR count). The molecular weight excluding hydrogens is 652 g/mol. The summed E-state index contributed by atoms with van der Waals surface area (Å²) in [7, 11) is -3.52. The fourth-order valence-electron chi connectivity index (χ4n) is 7.54. The van der Waals surface area contributed by atoms with E-state index in [2.05, 4.69) is 25.0 Å². The number of anilines is 1. The Morgan fingerprint density at radius 1 is 1.08 bits per heavy atom. The molecule has 0 spiro atoms. The zero-order valence-electron chi connectivity index (χ0n) is 27.2. The first-order chi connectivity index (χ1) is 23.0. The van der Waals surface area contributed by atoms with Crippen LogP contribution in [0.5, 0.6) is 0 Å². The average Bonchev–Trinajstić information content (AvgIpc) is 3.58. The molecule has 4 aromatic rings. The van der Waals surface area contributed by atoms with Crippen LogP contribution in [0.1, 0.15) is 67.5 Å². The highest BCUT2D eigenvalue weighted by molar-refractivity contribution is 7.92. The van der Waals surface area contributed by atoms with E-state index in [1.54, 1.807) is 6.33 Å². The molecule has 2 fully saturated rings. The van der Waals surface area contributed by atoms with Crippen molar-refractivity contribution >= 4 is 44.2 Å². The van der Waals surface area contributed by atoms with Crippen LogP contribution in [-0.4, -0.2) is 65.9 Å². The molecule has 0 unspecified atom stereocenters. The number of nitrogens with one attached hydrogen (secondary N) is 2. The van der Waals surface area contributed by atoms with Gasteiger partial charge in [0.15, 0.2) is 11.2 Å². The number of carbonyl (C=O) groups is 1. The molecule has 1 amide bonds. The Hall–Kier alpha value is -3.74. The molecule has 2 aliphatic rings. The van der Waals surface area contributed by atoms with Crippen LogP contribution >= 0.6 is 11.6 Å².